The summed E-state index contributed by atoms with van der Waals surface area (Å²) in [6.07, 6.45) is 5.39. The first-order chi connectivity index (χ1) is 9.34. The topological polar surface area (TPSA) is 25.2 Å². The molecule has 0 spiro atoms. The minimum absolute atomic E-state index is 0.961. The van der Waals surface area contributed by atoms with Crippen molar-refractivity contribution < 1.29 is 0 Å². The Labute approximate surface area is 120 Å². The van der Waals surface area contributed by atoms with E-state index in [1.165, 1.54) is 5.39 Å². The molecule has 0 atom stereocenters. The molecule has 0 saturated carbocycles. The van der Waals surface area contributed by atoms with Crippen molar-refractivity contribution in [3.05, 3.63) is 71.0 Å². The molecule has 0 fully saturated rings. The maximum Gasteiger partial charge on any atom is 0.0709 e. The van der Waals surface area contributed by atoms with Crippen molar-refractivity contribution in [1.82, 2.24) is 4.98 Å². The van der Waals surface area contributed by atoms with Crippen LogP contribution in [-0.4, -0.2) is 11.2 Å². The SMILES string of the molecule is Brc1ccc(N=Cc2cccnc2)c2ccccc12. The van der Waals surface area contributed by atoms with Gasteiger partial charge in [0, 0.05) is 34.0 Å². The Hall–Kier alpha value is -2.00. The lowest BCUT2D eigenvalue weighted by Crippen LogP contribution is -1.82. The van der Waals surface area contributed by atoms with E-state index in [2.05, 4.69) is 38.0 Å². The summed E-state index contributed by atoms with van der Waals surface area (Å²) in [6.45, 7) is 0. The van der Waals surface area contributed by atoms with Crippen LogP contribution >= 0.6 is 15.9 Å². The number of nitrogens with zero attached hydrogens (tertiary/aromatic N) is 2. The normalized spacial score (nSPS) is 11.2. The zero-order valence-electron chi connectivity index (χ0n) is 10.1. The van der Waals surface area contributed by atoms with Crippen LogP contribution in [0.15, 0.2) is 70.4 Å². The van der Waals surface area contributed by atoms with Crippen LogP contribution in [0.25, 0.3) is 10.8 Å². The number of rotatable bonds is 2. The molecular weight excluding hydrogens is 300 g/mol. The summed E-state index contributed by atoms with van der Waals surface area (Å²) in [5.41, 5.74) is 1.96. The highest BCUT2D eigenvalue weighted by atomic mass is 79.9. The monoisotopic (exact) mass is 310 g/mol. The van der Waals surface area contributed by atoms with Crippen LogP contribution in [0.3, 0.4) is 0 Å². The second-order valence-corrected chi connectivity index (χ2v) is 5.01. The summed E-state index contributed by atoms with van der Waals surface area (Å²) in [7, 11) is 0. The molecule has 0 unspecified atom stereocenters. The Kier molecular flexibility index (Phi) is 3.38. The number of hydrogen-bond acceptors (Lipinski definition) is 2. The number of benzene rings is 2. The summed E-state index contributed by atoms with van der Waals surface area (Å²) < 4.78 is 1.09. The van der Waals surface area contributed by atoms with Gasteiger partial charge in [0.15, 0.2) is 0 Å². The molecule has 0 aliphatic heterocycles. The highest BCUT2D eigenvalue weighted by molar-refractivity contribution is 9.10. The van der Waals surface area contributed by atoms with Gasteiger partial charge < -0.3 is 0 Å². The van der Waals surface area contributed by atoms with Crippen molar-refractivity contribution in [1.29, 1.82) is 0 Å². The third-order valence-electron chi connectivity index (χ3n) is 2.88. The van der Waals surface area contributed by atoms with E-state index in [1.54, 1.807) is 12.4 Å². The average Bonchev–Trinajstić information content (AvgIpc) is 2.48. The van der Waals surface area contributed by atoms with E-state index in [4.69, 9.17) is 0 Å². The Morgan fingerprint density at radius 3 is 2.58 bits per heavy atom. The Balaban J connectivity index is 2.07. The average molecular weight is 311 g/mol. The van der Waals surface area contributed by atoms with E-state index in [9.17, 15) is 0 Å². The molecule has 92 valence electrons. The van der Waals surface area contributed by atoms with Crippen molar-refractivity contribution >= 4 is 38.6 Å². The van der Waals surface area contributed by atoms with E-state index in [1.807, 2.05) is 42.6 Å². The Morgan fingerprint density at radius 2 is 1.79 bits per heavy atom. The standard InChI is InChI=1S/C16H11BrN2/c17-15-7-8-16(14-6-2-1-5-13(14)15)19-11-12-4-3-9-18-10-12/h1-11H. The minimum atomic E-state index is 0.961. The van der Waals surface area contributed by atoms with Gasteiger partial charge in [-0.3, -0.25) is 9.98 Å². The molecule has 3 rings (SSSR count). The summed E-state index contributed by atoms with van der Waals surface area (Å²) in [5, 5.41) is 2.31. The molecule has 3 aromatic rings. The van der Waals surface area contributed by atoms with Gasteiger partial charge >= 0.3 is 0 Å². The number of hydrogen-bond donors (Lipinski definition) is 0. The molecule has 0 bridgehead atoms. The second-order valence-electron chi connectivity index (χ2n) is 4.16. The van der Waals surface area contributed by atoms with Gasteiger partial charge in [0.25, 0.3) is 0 Å². The smallest absolute Gasteiger partial charge is 0.0709 e. The van der Waals surface area contributed by atoms with Crippen molar-refractivity contribution in [2.45, 2.75) is 0 Å². The number of halogens is 1. The zero-order valence-corrected chi connectivity index (χ0v) is 11.7. The molecule has 0 amide bonds. The fourth-order valence-electron chi connectivity index (χ4n) is 1.96. The van der Waals surface area contributed by atoms with E-state index < -0.39 is 0 Å². The number of aliphatic imine (C=N–C) groups is 1. The fourth-order valence-corrected chi connectivity index (χ4v) is 2.43. The first kappa shape index (κ1) is 12.1. The van der Waals surface area contributed by atoms with Gasteiger partial charge in [0.2, 0.25) is 0 Å². The first-order valence-electron chi connectivity index (χ1n) is 5.96. The molecule has 1 aromatic heterocycles. The van der Waals surface area contributed by atoms with Crippen LogP contribution in [0.5, 0.6) is 0 Å². The van der Waals surface area contributed by atoms with E-state index >= 15 is 0 Å². The van der Waals surface area contributed by atoms with Gasteiger partial charge in [0.05, 0.1) is 5.69 Å². The van der Waals surface area contributed by atoms with Crippen LogP contribution in [0, 0.1) is 0 Å². The summed E-state index contributed by atoms with van der Waals surface area (Å²) in [6, 6.07) is 16.1. The molecule has 19 heavy (non-hydrogen) atoms. The molecule has 2 aromatic carbocycles. The maximum atomic E-state index is 4.56. The Bertz CT molecular complexity index is 736. The molecule has 2 nitrogen and oxygen atoms in total. The number of aromatic nitrogens is 1. The van der Waals surface area contributed by atoms with Crippen LogP contribution in [-0.2, 0) is 0 Å². The van der Waals surface area contributed by atoms with Gasteiger partial charge in [-0.15, -0.1) is 0 Å². The minimum Gasteiger partial charge on any atom is -0.264 e. The molecule has 0 saturated heterocycles. The van der Waals surface area contributed by atoms with E-state index in [0.717, 1.165) is 21.1 Å². The molecule has 0 radical (unpaired) electrons. The highest BCUT2D eigenvalue weighted by Crippen LogP contribution is 2.31. The van der Waals surface area contributed by atoms with Gasteiger partial charge in [-0.1, -0.05) is 46.3 Å². The van der Waals surface area contributed by atoms with E-state index in [0.29, 0.717) is 0 Å². The van der Waals surface area contributed by atoms with E-state index in [-0.39, 0.29) is 0 Å². The summed E-state index contributed by atoms with van der Waals surface area (Å²) in [4.78, 5) is 8.63. The Morgan fingerprint density at radius 1 is 0.947 bits per heavy atom. The molecule has 3 heteroatoms. The van der Waals surface area contributed by atoms with Gasteiger partial charge in [-0.25, -0.2) is 0 Å². The molecule has 0 aliphatic carbocycles. The zero-order chi connectivity index (χ0) is 13.1. The quantitative estimate of drug-likeness (QED) is 0.627. The third kappa shape index (κ3) is 2.56. The van der Waals surface area contributed by atoms with Gasteiger partial charge in [-0.2, -0.15) is 0 Å². The predicted molar refractivity (Wildman–Crippen MR) is 83.1 cm³/mol. The second kappa shape index (κ2) is 5.33. The lowest BCUT2D eigenvalue weighted by atomic mass is 10.1. The lowest BCUT2D eigenvalue weighted by molar-refractivity contribution is 1.32. The predicted octanol–water partition coefficient (Wildman–Crippen LogP) is 4.75. The van der Waals surface area contributed by atoms with Crippen molar-refractivity contribution in [2.24, 2.45) is 4.99 Å². The number of fused-ring (bicyclic) bond motifs is 1. The summed E-state index contributed by atoms with van der Waals surface area (Å²) >= 11 is 3.57. The number of pyridine rings is 1. The fraction of sp³-hybridized carbons (Fsp3) is 0. The summed E-state index contributed by atoms with van der Waals surface area (Å²) in [5.74, 6) is 0. The highest BCUT2D eigenvalue weighted by Gasteiger charge is 2.02. The van der Waals surface area contributed by atoms with Crippen LogP contribution in [0.2, 0.25) is 0 Å². The van der Waals surface area contributed by atoms with Crippen LogP contribution in [0.1, 0.15) is 5.56 Å². The first-order valence-corrected chi connectivity index (χ1v) is 6.75. The lowest BCUT2D eigenvalue weighted by Gasteiger charge is -2.03. The molecule has 0 N–H and O–H groups in total. The maximum absolute atomic E-state index is 4.56. The molecule has 1 heterocycles. The van der Waals surface area contributed by atoms with Gasteiger partial charge in [0.1, 0.15) is 0 Å². The van der Waals surface area contributed by atoms with Crippen LogP contribution < -0.4 is 0 Å². The van der Waals surface area contributed by atoms with Gasteiger partial charge in [-0.05, 0) is 23.6 Å². The molecule has 0 aliphatic rings. The van der Waals surface area contributed by atoms with Crippen LogP contribution in [0.4, 0.5) is 5.69 Å². The third-order valence-corrected chi connectivity index (χ3v) is 3.58. The van der Waals surface area contributed by atoms with Crippen molar-refractivity contribution in [3.8, 4) is 0 Å². The largest absolute Gasteiger partial charge is 0.264 e. The van der Waals surface area contributed by atoms with Crippen molar-refractivity contribution in [3.63, 3.8) is 0 Å². The van der Waals surface area contributed by atoms with Crippen molar-refractivity contribution in [2.75, 3.05) is 0 Å². The molecular formula is C16H11BrN2.